The summed E-state index contributed by atoms with van der Waals surface area (Å²) < 4.78 is 40.1. The van der Waals surface area contributed by atoms with Gasteiger partial charge in [0.05, 0.1) is 17.7 Å². The Morgan fingerprint density at radius 3 is 2.48 bits per heavy atom. The average molecular weight is 291 g/mol. The van der Waals surface area contributed by atoms with Crippen LogP contribution < -0.4 is 0 Å². The largest absolute Gasteiger partial charge is 0.416 e. The van der Waals surface area contributed by atoms with Crippen LogP contribution in [-0.4, -0.2) is 9.67 Å². The van der Waals surface area contributed by atoms with Gasteiger partial charge in [-0.05, 0) is 35.9 Å². The molecule has 0 unspecified atom stereocenters. The topological polar surface area (TPSA) is 25.2 Å². The maximum absolute atomic E-state index is 12.8. The maximum atomic E-state index is 12.8. The second kappa shape index (κ2) is 4.93. The molecular weight excluding hydrogens is 279 g/mol. The molecule has 5 heteroatoms. The van der Waals surface area contributed by atoms with Crippen LogP contribution in [0.15, 0.2) is 54.7 Å². The minimum Gasteiger partial charge on any atom is -0.392 e. The highest BCUT2D eigenvalue weighted by molar-refractivity contribution is 5.85. The van der Waals surface area contributed by atoms with Crippen LogP contribution >= 0.6 is 0 Å². The molecule has 0 aliphatic rings. The molecule has 0 amide bonds. The standard InChI is InChI=1S/C16H12F3NO/c17-16(18,19)12-4-2-5-13(9-12)20-8-7-14-11(10-21)3-1-6-15(14)20/h1-9,21H,10H2. The van der Waals surface area contributed by atoms with Crippen molar-refractivity contribution in [2.24, 2.45) is 0 Å². The van der Waals surface area contributed by atoms with Gasteiger partial charge in [0.15, 0.2) is 0 Å². The van der Waals surface area contributed by atoms with Gasteiger partial charge in [0.2, 0.25) is 0 Å². The molecule has 2 aromatic carbocycles. The molecule has 108 valence electrons. The number of benzene rings is 2. The van der Waals surface area contributed by atoms with E-state index in [1.165, 1.54) is 6.07 Å². The number of halogens is 3. The zero-order valence-corrected chi connectivity index (χ0v) is 10.9. The Morgan fingerprint density at radius 2 is 1.76 bits per heavy atom. The van der Waals surface area contributed by atoms with Crippen molar-refractivity contribution in [1.29, 1.82) is 0 Å². The molecule has 21 heavy (non-hydrogen) atoms. The molecule has 1 N–H and O–H groups in total. The number of aliphatic hydroxyl groups excluding tert-OH is 1. The number of aliphatic hydroxyl groups is 1. The first-order valence-electron chi connectivity index (χ1n) is 6.38. The number of rotatable bonds is 2. The predicted octanol–water partition coefficient (Wildman–Crippen LogP) is 4.14. The zero-order chi connectivity index (χ0) is 15.0. The van der Waals surface area contributed by atoms with Gasteiger partial charge in [0.1, 0.15) is 0 Å². The lowest BCUT2D eigenvalue weighted by Gasteiger charge is -2.11. The van der Waals surface area contributed by atoms with E-state index in [4.69, 9.17) is 0 Å². The smallest absolute Gasteiger partial charge is 0.392 e. The number of fused-ring (bicyclic) bond motifs is 1. The van der Waals surface area contributed by atoms with Crippen LogP contribution in [0.25, 0.3) is 16.6 Å². The molecule has 0 aliphatic carbocycles. The summed E-state index contributed by atoms with van der Waals surface area (Å²) in [5, 5.41) is 10.1. The van der Waals surface area contributed by atoms with Crippen LogP contribution in [0.1, 0.15) is 11.1 Å². The molecule has 0 aliphatic heterocycles. The highest BCUT2D eigenvalue weighted by Crippen LogP contribution is 2.31. The van der Waals surface area contributed by atoms with Crippen molar-refractivity contribution in [3.8, 4) is 5.69 Å². The summed E-state index contributed by atoms with van der Waals surface area (Å²) in [6.07, 6.45) is -2.66. The van der Waals surface area contributed by atoms with Crippen molar-refractivity contribution >= 4 is 10.9 Å². The fraction of sp³-hybridized carbons (Fsp3) is 0.125. The zero-order valence-electron chi connectivity index (χ0n) is 10.9. The first kappa shape index (κ1) is 13.7. The molecule has 0 saturated carbocycles. The van der Waals surface area contributed by atoms with Crippen LogP contribution in [0.2, 0.25) is 0 Å². The normalized spacial score (nSPS) is 12.0. The third kappa shape index (κ3) is 2.40. The summed E-state index contributed by atoms with van der Waals surface area (Å²) in [6, 6.07) is 12.4. The molecule has 0 bridgehead atoms. The van der Waals surface area contributed by atoms with Gasteiger partial charge >= 0.3 is 6.18 Å². The summed E-state index contributed by atoms with van der Waals surface area (Å²) in [6.45, 7) is -0.107. The van der Waals surface area contributed by atoms with Crippen LogP contribution in [-0.2, 0) is 12.8 Å². The van der Waals surface area contributed by atoms with Gasteiger partial charge < -0.3 is 9.67 Å². The minimum atomic E-state index is -4.37. The second-order valence-electron chi connectivity index (χ2n) is 4.74. The quantitative estimate of drug-likeness (QED) is 0.754. The molecule has 1 heterocycles. The molecule has 0 fully saturated rings. The number of nitrogens with zero attached hydrogens (tertiary/aromatic N) is 1. The second-order valence-corrected chi connectivity index (χ2v) is 4.74. The molecule has 0 radical (unpaired) electrons. The Kier molecular flexibility index (Phi) is 3.22. The summed E-state index contributed by atoms with van der Waals surface area (Å²) >= 11 is 0. The Labute approximate surface area is 119 Å². The number of aromatic nitrogens is 1. The lowest BCUT2D eigenvalue weighted by molar-refractivity contribution is -0.137. The van der Waals surface area contributed by atoms with E-state index in [-0.39, 0.29) is 6.61 Å². The monoisotopic (exact) mass is 291 g/mol. The summed E-state index contributed by atoms with van der Waals surface area (Å²) in [4.78, 5) is 0. The Morgan fingerprint density at radius 1 is 1.00 bits per heavy atom. The van der Waals surface area contributed by atoms with Gasteiger partial charge in [-0.3, -0.25) is 0 Å². The molecule has 2 nitrogen and oxygen atoms in total. The van der Waals surface area contributed by atoms with E-state index in [1.54, 1.807) is 35.0 Å². The van der Waals surface area contributed by atoms with E-state index >= 15 is 0 Å². The Hall–Kier alpha value is -2.27. The lowest BCUT2D eigenvalue weighted by Crippen LogP contribution is -2.05. The summed E-state index contributed by atoms with van der Waals surface area (Å²) in [5.41, 5.74) is 1.27. The van der Waals surface area contributed by atoms with Gasteiger partial charge in [-0.2, -0.15) is 13.2 Å². The molecule has 0 atom stereocenters. The number of alkyl halides is 3. The number of hydrogen-bond acceptors (Lipinski definition) is 1. The third-order valence-electron chi connectivity index (χ3n) is 3.45. The van der Waals surface area contributed by atoms with Gasteiger partial charge in [0, 0.05) is 17.3 Å². The SMILES string of the molecule is OCc1cccc2c1ccn2-c1cccc(C(F)(F)F)c1. The Balaban J connectivity index is 2.18. The summed E-state index contributed by atoms with van der Waals surface area (Å²) in [5.74, 6) is 0. The van der Waals surface area contributed by atoms with Crippen molar-refractivity contribution in [3.05, 3.63) is 65.9 Å². The molecule has 0 spiro atoms. The van der Waals surface area contributed by atoms with E-state index in [1.807, 2.05) is 6.07 Å². The fourth-order valence-corrected chi connectivity index (χ4v) is 2.43. The Bertz CT molecular complexity index is 790. The fourth-order valence-electron chi connectivity index (χ4n) is 2.43. The predicted molar refractivity (Wildman–Crippen MR) is 74.2 cm³/mol. The molecule has 1 aromatic heterocycles. The van der Waals surface area contributed by atoms with Crippen molar-refractivity contribution in [3.63, 3.8) is 0 Å². The highest BCUT2D eigenvalue weighted by Gasteiger charge is 2.30. The first-order valence-corrected chi connectivity index (χ1v) is 6.38. The molecule has 0 saturated heterocycles. The van der Waals surface area contributed by atoms with E-state index in [0.29, 0.717) is 5.69 Å². The number of hydrogen-bond donors (Lipinski definition) is 1. The average Bonchev–Trinajstić information content (AvgIpc) is 2.90. The lowest BCUT2D eigenvalue weighted by atomic mass is 10.1. The summed E-state index contributed by atoms with van der Waals surface area (Å²) in [7, 11) is 0. The van der Waals surface area contributed by atoms with Gasteiger partial charge in [-0.25, -0.2) is 0 Å². The van der Waals surface area contributed by atoms with E-state index in [9.17, 15) is 18.3 Å². The van der Waals surface area contributed by atoms with E-state index in [0.717, 1.165) is 28.6 Å². The molecule has 3 aromatic rings. The highest BCUT2D eigenvalue weighted by atomic mass is 19.4. The van der Waals surface area contributed by atoms with Crippen LogP contribution in [0.4, 0.5) is 13.2 Å². The van der Waals surface area contributed by atoms with Crippen molar-refractivity contribution in [1.82, 2.24) is 4.57 Å². The van der Waals surface area contributed by atoms with Crippen molar-refractivity contribution in [2.45, 2.75) is 12.8 Å². The first-order chi connectivity index (χ1) is 10.0. The molecule has 3 rings (SSSR count). The van der Waals surface area contributed by atoms with E-state index in [2.05, 4.69) is 0 Å². The van der Waals surface area contributed by atoms with Gasteiger partial charge in [0.25, 0.3) is 0 Å². The maximum Gasteiger partial charge on any atom is 0.416 e. The molecular formula is C16H12F3NO. The van der Waals surface area contributed by atoms with E-state index < -0.39 is 11.7 Å². The van der Waals surface area contributed by atoms with Crippen molar-refractivity contribution < 1.29 is 18.3 Å². The van der Waals surface area contributed by atoms with Crippen LogP contribution in [0.5, 0.6) is 0 Å². The van der Waals surface area contributed by atoms with Crippen molar-refractivity contribution in [2.75, 3.05) is 0 Å². The van der Waals surface area contributed by atoms with Gasteiger partial charge in [-0.1, -0.05) is 18.2 Å². The minimum absolute atomic E-state index is 0.107. The van der Waals surface area contributed by atoms with Gasteiger partial charge in [-0.15, -0.1) is 0 Å². The third-order valence-corrected chi connectivity index (χ3v) is 3.45. The van der Waals surface area contributed by atoms with Crippen LogP contribution in [0.3, 0.4) is 0 Å². The van der Waals surface area contributed by atoms with Crippen LogP contribution in [0, 0.1) is 0 Å².